The number of nitrogens with one attached hydrogen (secondary N) is 2. The number of anilines is 1. The molecule has 2 aromatic rings. The lowest BCUT2D eigenvalue weighted by Gasteiger charge is -2.18. The second-order valence-electron chi connectivity index (χ2n) is 5.05. The van der Waals surface area contributed by atoms with Gasteiger partial charge < -0.3 is 4.74 Å². The Kier molecular flexibility index (Phi) is 3.57. The minimum Gasteiger partial charge on any atom is -0.444 e. The van der Waals surface area contributed by atoms with Gasteiger partial charge in [-0.3, -0.25) is 10.4 Å². The molecule has 2 rings (SSSR count). The van der Waals surface area contributed by atoms with Crippen molar-refractivity contribution in [1.29, 1.82) is 0 Å². The first kappa shape index (κ1) is 13.5. The van der Waals surface area contributed by atoms with Crippen LogP contribution in [0.3, 0.4) is 0 Å². The van der Waals surface area contributed by atoms with E-state index in [1.165, 1.54) is 11.3 Å². The number of nitrogens with zero attached hydrogens (tertiary/aromatic N) is 2. The van der Waals surface area contributed by atoms with Crippen molar-refractivity contribution < 1.29 is 9.53 Å². The van der Waals surface area contributed by atoms with Crippen LogP contribution in [0.2, 0.25) is 0 Å². The minimum atomic E-state index is -0.524. The maximum absolute atomic E-state index is 11.6. The van der Waals surface area contributed by atoms with Crippen molar-refractivity contribution in [2.45, 2.75) is 33.3 Å². The maximum Gasteiger partial charge on any atom is 0.413 e. The summed E-state index contributed by atoms with van der Waals surface area (Å²) in [5, 5.41) is 9.81. The van der Waals surface area contributed by atoms with Crippen LogP contribution in [0.25, 0.3) is 10.4 Å². The third-order valence-corrected chi connectivity index (χ3v) is 3.29. The molecule has 0 aliphatic rings. The van der Waals surface area contributed by atoms with E-state index in [1.807, 2.05) is 27.7 Å². The average Bonchev–Trinajstić information content (AvgIpc) is 2.84. The van der Waals surface area contributed by atoms with E-state index >= 15 is 0 Å². The van der Waals surface area contributed by atoms with Crippen LogP contribution in [0.1, 0.15) is 26.5 Å². The van der Waals surface area contributed by atoms with Gasteiger partial charge in [-0.1, -0.05) is 11.3 Å². The zero-order valence-electron chi connectivity index (χ0n) is 11.3. The van der Waals surface area contributed by atoms with Crippen molar-refractivity contribution in [3.05, 3.63) is 18.1 Å². The SMILES string of the molecule is Cc1nc(NC(=O)OC(C)(C)C)sc1-c1cn[nH]c1. The van der Waals surface area contributed by atoms with Crippen LogP contribution >= 0.6 is 11.3 Å². The molecule has 19 heavy (non-hydrogen) atoms. The number of aromatic nitrogens is 3. The predicted molar refractivity (Wildman–Crippen MR) is 74.3 cm³/mol. The molecular weight excluding hydrogens is 264 g/mol. The summed E-state index contributed by atoms with van der Waals surface area (Å²) in [5.74, 6) is 0. The van der Waals surface area contributed by atoms with Crippen molar-refractivity contribution in [3.8, 4) is 10.4 Å². The second-order valence-corrected chi connectivity index (χ2v) is 6.05. The molecule has 0 aliphatic carbocycles. The lowest BCUT2D eigenvalue weighted by atomic mass is 10.2. The molecular formula is C12H16N4O2S. The Morgan fingerprint density at radius 1 is 1.47 bits per heavy atom. The van der Waals surface area contributed by atoms with Crippen LogP contribution in [0.4, 0.5) is 9.93 Å². The van der Waals surface area contributed by atoms with E-state index < -0.39 is 11.7 Å². The third kappa shape index (κ3) is 3.54. The van der Waals surface area contributed by atoms with E-state index in [2.05, 4.69) is 20.5 Å². The van der Waals surface area contributed by atoms with E-state index in [-0.39, 0.29) is 0 Å². The summed E-state index contributed by atoms with van der Waals surface area (Å²) < 4.78 is 5.18. The number of carbonyl (C=O) groups excluding carboxylic acids is 1. The minimum absolute atomic E-state index is 0.500. The average molecular weight is 280 g/mol. The molecule has 1 amide bonds. The highest BCUT2D eigenvalue weighted by molar-refractivity contribution is 7.19. The van der Waals surface area contributed by atoms with Gasteiger partial charge in [-0.25, -0.2) is 9.78 Å². The Balaban J connectivity index is 2.11. The van der Waals surface area contributed by atoms with Crippen LogP contribution in [-0.2, 0) is 4.74 Å². The van der Waals surface area contributed by atoms with Crippen molar-refractivity contribution in [2.75, 3.05) is 5.32 Å². The molecule has 7 heteroatoms. The summed E-state index contributed by atoms with van der Waals surface area (Å²) in [6.07, 6.45) is 3.01. The summed E-state index contributed by atoms with van der Waals surface area (Å²) in [5.41, 5.74) is 1.27. The monoisotopic (exact) mass is 280 g/mol. The summed E-state index contributed by atoms with van der Waals surface area (Å²) in [6.45, 7) is 7.34. The fourth-order valence-corrected chi connectivity index (χ4v) is 2.42. The first-order chi connectivity index (χ1) is 8.85. The smallest absolute Gasteiger partial charge is 0.413 e. The third-order valence-electron chi connectivity index (χ3n) is 2.16. The molecule has 0 saturated carbocycles. The van der Waals surface area contributed by atoms with E-state index in [1.54, 1.807) is 12.4 Å². The number of hydrogen-bond acceptors (Lipinski definition) is 5. The van der Waals surface area contributed by atoms with Crippen LogP contribution in [0.5, 0.6) is 0 Å². The molecule has 0 fully saturated rings. The van der Waals surface area contributed by atoms with Gasteiger partial charge in [0.25, 0.3) is 0 Å². The quantitative estimate of drug-likeness (QED) is 0.885. The normalized spacial score (nSPS) is 11.4. The van der Waals surface area contributed by atoms with Gasteiger partial charge in [0, 0.05) is 11.8 Å². The van der Waals surface area contributed by atoms with Crippen LogP contribution < -0.4 is 5.32 Å². The van der Waals surface area contributed by atoms with E-state index in [4.69, 9.17) is 4.74 Å². The Morgan fingerprint density at radius 3 is 2.79 bits per heavy atom. The highest BCUT2D eigenvalue weighted by Gasteiger charge is 2.18. The van der Waals surface area contributed by atoms with E-state index in [0.717, 1.165) is 16.1 Å². The lowest BCUT2D eigenvalue weighted by Crippen LogP contribution is -2.27. The predicted octanol–water partition coefficient (Wildman–Crippen LogP) is 3.19. The number of carbonyl (C=O) groups is 1. The first-order valence-corrected chi connectivity index (χ1v) is 6.63. The molecule has 6 nitrogen and oxygen atoms in total. The van der Waals surface area contributed by atoms with Gasteiger partial charge in [-0.15, -0.1) is 0 Å². The van der Waals surface area contributed by atoms with Crippen LogP contribution in [0, 0.1) is 6.92 Å². The molecule has 2 N–H and O–H groups in total. The first-order valence-electron chi connectivity index (χ1n) is 5.82. The molecule has 0 atom stereocenters. The molecule has 0 radical (unpaired) electrons. The number of rotatable bonds is 2. The second kappa shape index (κ2) is 5.00. The van der Waals surface area contributed by atoms with Crippen molar-refractivity contribution >= 4 is 22.6 Å². The molecule has 0 unspecified atom stereocenters. The lowest BCUT2D eigenvalue weighted by molar-refractivity contribution is 0.0636. The number of ether oxygens (including phenoxy) is 1. The molecule has 0 spiro atoms. The molecule has 2 aromatic heterocycles. The fraction of sp³-hybridized carbons (Fsp3) is 0.417. The maximum atomic E-state index is 11.6. The molecule has 102 valence electrons. The molecule has 0 aromatic carbocycles. The number of aromatic amines is 1. The zero-order chi connectivity index (χ0) is 14.0. The van der Waals surface area contributed by atoms with Crippen LogP contribution in [-0.4, -0.2) is 26.9 Å². The van der Waals surface area contributed by atoms with Gasteiger partial charge in [0.1, 0.15) is 5.60 Å². The molecule has 2 heterocycles. The van der Waals surface area contributed by atoms with Crippen molar-refractivity contribution in [2.24, 2.45) is 0 Å². The highest BCUT2D eigenvalue weighted by Crippen LogP contribution is 2.32. The summed E-state index contributed by atoms with van der Waals surface area (Å²) in [7, 11) is 0. The number of aryl methyl sites for hydroxylation is 1. The topological polar surface area (TPSA) is 79.9 Å². The summed E-state index contributed by atoms with van der Waals surface area (Å²) in [4.78, 5) is 16.9. The largest absolute Gasteiger partial charge is 0.444 e. The Hall–Kier alpha value is -1.89. The number of thiazole rings is 1. The van der Waals surface area contributed by atoms with Gasteiger partial charge in [-0.05, 0) is 27.7 Å². The van der Waals surface area contributed by atoms with Gasteiger partial charge in [0.05, 0.1) is 16.8 Å². The van der Waals surface area contributed by atoms with Crippen molar-refractivity contribution in [1.82, 2.24) is 15.2 Å². The van der Waals surface area contributed by atoms with Gasteiger partial charge in [0.2, 0.25) is 0 Å². The standard InChI is InChI=1S/C12H16N4O2S/c1-7-9(8-5-13-14-6-8)19-10(15-7)16-11(17)18-12(2,3)4/h5-6H,1-4H3,(H,13,14)(H,15,16,17). The van der Waals surface area contributed by atoms with Gasteiger partial charge in [0.15, 0.2) is 5.13 Å². The number of H-pyrrole nitrogens is 1. The zero-order valence-corrected chi connectivity index (χ0v) is 12.1. The number of amides is 1. The summed E-state index contributed by atoms with van der Waals surface area (Å²) >= 11 is 1.39. The van der Waals surface area contributed by atoms with Crippen LogP contribution in [0.15, 0.2) is 12.4 Å². The Labute approximate surface area is 115 Å². The molecule has 0 saturated heterocycles. The fourth-order valence-electron chi connectivity index (χ4n) is 1.48. The Morgan fingerprint density at radius 2 is 2.21 bits per heavy atom. The number of hydrogen-bond donors (Lipinski definition) is 2. The highest BCUT2D eigenvalue weighted by atomic mass is 32.1. The Bertz CT molecular complexity index is 569. The van der Waals surface area contributed by atoms with E-state index in [0.29, 0.717) is 5.13 Å². The van der Waals surface area contributed by atoms with Gasteiger partial charge in [-0.2, -0.15) is 5.10 Å². The molecule has 0 aliphatic heterocycles. The van der Waals surface area contributed by atoms with Crippen molar-refractivity contribution in [3.63, 3.8) is 0 Å². The van der Waals surface area contributed by atoms with Gasteiger partial charge >= 0.3 is 6.09 Å². The van der Waals surface area contributed by atoms with E-state index in [9.17, 15) is 4.79 Å². The molecule has 0 bridgehead atoms. The summed E-state index contributed by atoms with van der Waals surface area (Å²) in [6, 6.07) is 0.